The van der Waals surface area contributed by atoms with Gasteiger partial charge in [-0.1, -0.05) is 23.2 Å². The molecule has 2 aromatic heterocycles. The van der Waals surface area contributed by atoms with E-state index in [0.717, 1.165) is 22.6 Å². The van der Waals surface area contributed by atoms with Crippen molar-refractivity contribution in [2.45, 2.75) is 20.8 Å². The van der Waals surface area contributed by atoms with Crippen LogP contribution in [0.1, 0.15) is 17.0 Å². The first-order valence-electron chi connectivity index (χ1n) is 4.85. The monoisotopic (exact) mass is 255 g/mol. The molecular weight excluding hydrogens is 245 g/mol. The Morgan fingerprint density at radius 3 is 2.44 bits per heavy atom. The lowest BCUT2D eigenvalue weighted by Crippen LogP contribution is -2.02. The van der Waals surface area contributed by atoms with Crippen LogP contribution in [0.2, 0.25) is 10.2 Å². The molecule has 0 aliphatic carbocycles. The van der Waals surface area contributed by atoms with E-state index in [0.29, 0.717) is 10.2 Å². The average molecular weight is 256 g/mol. The minimum Gasteiger partial charge on any atom is -0.244 e. The van der Waals surface area contributed by atoms with Crippen LogP contribution in [-0.2, 0) is 0 Å². The van der Waals surface area contributed by atoms with Gasteiger partial charge in [-0.05, 0) is 26.3 Å². The zero-order valence-corrected chi connectivity index (χ0v) is 10.8. The third-order valence-corrected chi connectivity index (χ3v) is 3.23. The maximum atomic E-state index is 6.11. The zero-order valence-electron chi connectivity index (χ0n) is 9.25. The Kier molecular flexibility index (Phi) is 2.91. The number of nitrogens with zero attached hydrogens (tertiary/aromatic N) is 3. The minimum atomic E-state index is 0.448. The van der Waals surface area contributed by atoms with E-state index in [1.54, 1.807) is 16.9 Å². The van der Waals surface area contributed by atoms with Gasteiger partial charge in [0.2, 0.25) is 0 Å². The summed E-state index contributed by atoms with van der Waals surface area (Å²) in [4.78, 5) is 4.02. The van der Waals surface area contributed by atoms with Crippen LogP contribution >= 0.6 is 23.2 Å². The Morgan fingerprint density at radius 2 is 1.88 bits per heavy atom. The third-order valence-electron chi connectivity index (χ3n) is 2.47. The van der Waals surface area contributed by atoms with Crippen LogP contribution in [0, 0.1) is 20.8 Å². The second kappa shape index (κ2) is 4.07. The molecule has 0 amide bonds. The Hall–Kier alpha value is -1.06. The van der Waals surface area contributed by atoms with Crippen LogP contribution in [-0.4, -0.2) is 14.8 Å². The first-order valence-corrected chi connectivity index (χ1v) is 5.60. The molecule has 0 radical (unpaired) electrons. The van der Waals surface area contributed by atoms with Crippen LogP contribution in [0.25, 0.3) is 5.69 Å². The molecule has 2 aromatic rings. The molecule has 2 rings (SSSR count). The molecule has 0 aliphatic rings. The lowest BCUT2D eigenvalue weighted by Gasteiger charge is -2.07. The van der Waals surface area contributed by atoms with E-state index in [1.165, 1.54) is 0 Å². The van der Waals surface area contributed by atoms with E-state index < -0.39 is 0 Å². The van der Waals surface area contributed by atoms with Crippen molar-refractivity contribution < 1.29 is 0 Å². The summed E-state index contributed by atoms with van der Waals surface area (Å²) in [6.45, 7) is 5.77. The van der Waals surface area contributed by atoms with Crippen molar-refractivity contribution in [3.63, 3.8) is 0 Å². The summed E-state index contributed by atoms with van der Waals surface area (Å²) in [6.07, 6.45) is 1.72. The predicted octanol–water partition coefficient (Wildman–Crippen LogP) is 3.50. The van der Waals surface area contributed by atoms with Crippen LogP contribution in [0.5, 0.6) is 0 Å². The van der Waals surface area contributed by atoms with Gasteiger partial charge in [0.1, 0.15) is 5.15 Å². The summed E-state index contributed by atoms with van der Waals surface area (Å²) in [6, 6.07) is 1.78. The fraction of sp³-hybridized carbons (Fsp3) is 0.273. The summed E-state index contributed by atoms with van der Waals surface area (Å²) < 4.78 is 1.79. The fourth-order valence-electron chi connectivity index (χ4n) is 1.57. The van der Waals surface area contributed by atoms with Crippen molar-refractivity contribution >= 4 is 23.2 Å². The second-order valence-corrected chi connectivity index (χ2v) is 4.46. The molecule has 0 saturated heterocycles. The molecule has 0 bridgehead atoms. The molecule has 0 unspecified atom stereocenters. The van der Waals surface area contributed by atoms with Gasteiger partial charge in [-0.2, -0.15) is 5.10 Å². The topological polar surface area (TPSA) is 30.7 Å². The molecule has 2 heterocycles. The van der Waals surface area contributed by atoms with Gasteiger partial charge in [0.05, 0.1) is 22.1 Å². The largest absolute Gasteiger partial charge is 0.244 e. The predicted molar refractivity (Wildman–Crippen MR) is 65.6 cm³/mol. The molecule has 0 atom stereocenters. The van der Waals surface area contributed by atoms with Crippen molar-refractivity contribution in [2.75, 3.05) is 0 Å². The molecule has 0 aliphatic heterocycles. The summed E-state index contributed by atoms with van der Waals surface area (Å²) >= 11 is 12.0. The Labute approximate surface area is 104 Å². The summed E-state index contributed by atoms with van der Waals surface area (Å²) in [5, 5.41) is 5.52. The van der Waals surface area contributed by atoms with Crippen molar-refractivity contribution in [1.29, 1.82) is 0 Å². The van der Waals surface area contributed by atoms with E-state index in [-0.39, 0.29) is 0 Å². The van der Waals surface area contributed by atoms with Gasteiger partial charge in [0.15, 0.2) is 0 Å². The van der Waals surface area contributed by atoms with Gasteiger partial charge in [-0.25, -0.2) is 9.67 Å². The molecule has 0 fully saturated rings. The van der Waals surface area contributed by atoms with Crippen molar-refractivity contribution in [1.82, 2.24) is 14.8 Å². The van der Waals surface area contributed by atoms with E-state index >= 15 is 0 Å². The van der Waals surface area contributed by atoms with Crippen LogP contribution in [0.3, 0.4) is 0 Å². The number of pyridine rings is 1. The SMILES string of the molecule is Cc1cnc(Cl)cc1-n1nc(C)c(Cl)c1C. The minimum absolute atomic E-state index is 0.448. The first-order chi connectivity index (χ1) is 7.50. The Bertz CT molecular complexity index is 546. The number of hydrogen-bond acceptors (Lipinski definition) is 2. The van der Waals surface area contributed by atoms with E-state index in [2.05, 4.69) is 10.1 Å². The van der Waals surface area contributed by atoms with E-state index in [9.17, 15) is 0 Å². The molecule has 16 heavy (non-hydrogen) atoms. The molecule has 84 valence electrons. The molecule has 0 spiro atoms. The highest BCUT2D eigenvalue weighted by Crippen LogP contribution is 2.24. The fourth-order valence-corrected chi connectivity index (χ4v) is 1.84. The average Bonchev–Trinajstić information content (AvgIpc) is 2.50. The highest BCUT2D eigenvalue weighted by molar-refractivity contribution is 6.32. The highest BCUT2D eigenvalue weighted by atomic mass is 35.5. The van der Waals surface area contributed by atoms with Gasteiger partial charge >= 0.3 is 0 Å². The second-order valence-electron chi connectivity index (χ2n) is 3.69. The number of aryl methyl sites for hydroxylation is 2. The van der Waals surface area contributed by atoms with Crippen LogP contribution in [0.4, 0.5) is 0 Å². The zero-order chi connectivity index (χ0) is 11.9. The number of halogens is 2. The van der Waals surface area contributed by atoms with Crippen LogP contribution < -0.4 is 0 Å². The lowest BCUT2D eigenvalue weighted by atomic mass is 10.2. The summed E-state index contributed by atoms with van der Waals surface area (Å²) in [5.74, 6) is 0. The maximum absolute atomic E-state index is 6.11. The maximum Gasteiger partial charge on any atom is 0.131 e. The highest BCUT2D eigenvalue weighted by Gasteiger charge is 2.12. The van der Waals surface area contributed by atoms with Gasteiger partial charge in [-0.15, -0.1) is 0 Å². The van der Waals surface area contributed by atoms with Gasteiger partial charge in [0, 0.05) is 12.3 Å². The van der Waals surface area contributed by atoms with E-state index in [1.807, 2.05) is 20.8 Å². The van der Waals surface area contributed by atoms with Gasteiger partial charge in [-0.3, -0.25) is 0 Å². The Balaban J connectivity index is 2.67. The molecule has 0 saturated carbocycles. The van der Waals surface area contributed by atoms with Crippen LogP contribution in [0.15, 0.2) is 12.3 Å². The molecular formula is C11H11Cl2N3. The van der Waals surface area contributed by atoms with Gasteiger partial charge < -0.3 is 0 Å². The molecule has 0 N–H and O–H groups in total. The summed E-state index contributed by atoms with van der Waals surface area (Å²) in [7, 11) is 0. The molecule has 5 heteroatoms. The smallest absolute Gasteiger partial charge is 0.131 e. The Morgan fingerprint density at radius 1 is 1.19 bits per heavy atom. The van der Waals surface area contributed by atoms with E-state index in [4.69, 9.17) is 23.2 Å². The van der Waals surface area contributed by atoms with Crippen molar-refractivity contribution in [2.24, 2.45) is 0 Å². The lowest BCUT2D eigenvalue weighted by molar-refractivity contribution is 0.825. The molecule has 3 nitrogen and oxygen atoms in total. The van der Waals surface area contributed by atoms with Crippen molar-refractivity contribution in [3.8, 4) is 5.69 Å². The van der Waals surface area contributed by atoms with Crippen molar-refractivity contribution in [3.05, 3.63) is 39.4 Å². The third kappa shape index (κ3) is 1.81. The summed E-state index contributed by atoms with van der Waals surface area (Å²) in [5.41, 5.74) is 3.63. The number of rotatable bonds is 1. The standard InChI is InChI=1S/C11H11Cl2N3/c1-6-5-14-10(12)4-9(6)16-8(3)11(13)7(2)15-16/h4-5H,1-3H3. The number of aromatic nitrogens is 3. The van der Waals surface area contributed by atoms with Gasteiger partial charge in [0.25, 0.3) is 0 Å². The molecule has 0 aromatic carbocycles. The quantitative estimate of drug-likeness (QED) is 0.731. The first kappa shape index (κ1) is 11.4. The number of hydrogen-bond donors (Lipinski definition) is 0. The normalized spacial score (nSPS) is 10.8.